The number of piperazine rings is 1. The summed E-state index contributed by atoms with van der Waals surface area (Å²) in [4.78, 5) is 16.3. The van der Waals surface area contributed by atoms with Crippen molar-refractivity contribution >= 4 is 21.6 Å². The maximum Gasteiger partial charge on any atom is 0.228 e. The van der Waals surface area contributed by atoms with Crippen LogP contribution in [0.5, 0.6) is 0 Å². The molecule has 0 unspecified atom stereocenters. The molecule has 0 spiro atoms. The fourth-order valence-corrected chi connectivity index (χ4v) is 5.44. The maximum absolute atomic E-state index is 13.9. The Morgan fingerprint density at radius 1 is 1.04 bits per heavy atom. The fraction of sp³-hybridized carbons (Fsp3) is 0.588. The minimum absolute atomic E-state index is 0.0235. The van der Waals surface area contributed by atoms with Crippen molar-refractivity contribution in [3.63, 3.8) is 0 Å². The standard InChI is InChI=1S/C17H22FN3O3S/c18-15-3-1-2-4-16(15)19-7-9-20(10-8-19)17(22)13-11-21(12-13)25(23,24)14-5-6-14/h1-4,13-14H,5-12H2. The van der Waals surface area contributed by atoms with E-state index in [-0.39, 0.29) is 22.9 Å². The zero-order valence-electron chi connectivity index (χ0n) is 14.0. The van der Waals surface area contributed by atoms with Crippen molar-refractivity contribution < 1.29 is 17.6 Å². The molecule has 0 aromatic heterocycles. The second-order valence-corrected chi connectivity index (χ2v) is 9.23. The maximum atomic E-state index is 13.9. The van der Waals surface area contributed by atoms with E-state index in [0.717, 1.165) is 12.8 Å². The van der Waals surface area contributed by atoms with E-state index >= 15 is 0 Å². The summed E-state index contributed by atoms with van der Waals surface area (Å²) in [6.45, 7) is 2.88. The van der Waals surface area contributed by atoms with Crippen LogP contribution in [0, 0.1) is 11.7 Å². The van der Waals surface area contributed by atoms with Crippen molar-refractivity contribution in [2.24, 2.45) is 5.92 Å². The molecule has 0 N–H and O–H groups in total. The van der Waals surface area contributed by atoms with E-state index in [1.54, 1.807) is 23.1 Å². The summed E-state index contributed by atoms with van der Waals surface area (Å²) in [6.07, 6.45) is 1.49. The Balaban J connectivity index is 1.30. The molecule has 0 bridgehead atoms. The molecule has 136 valence electrons. The van der Waals surface area contributed by atoms with Crippen molar-refractivity contribution in [1.29, 1.82) is 0 Å². The molecular weight excluding hydrogens is 345 g/mol. The molecule has 1 aliphatic carbocycles. The Bertz CT molecular complexity index is 767. The number of halogens is 1. The molecule has 3 aliphatic rings. The summed E-state index contributed by atoms with van der Waals surface area (Å²) in [7, 11) is -3.16. The van der Waals surface area contributed by atoms with Crippen molar-refractivity contribution in [1.82, 2.24) is 9.21 Å². The average Bonchev–Trinajstić information content (AvgIpc) is 3.39. The number of hydrogen-bond acceptors (Lipinski definition) is 4. The van der Waals surface area contributed by atoms with E-state index < -0.39 is 10.0 Å². The smallest absolute Gasteiger partial charge is 0.228 e. The zero-order valence-corrected chi connectivity index (χ0v) is 14.8. The van der Waals surface area contributed by atoms with Crippen LogP contribution in [0.4, 0.5) is 10.1 Å². The zero-order chi connectivity index (χ0) is 17.6. The van der Waals surface area contributed by atoms with E-state index in [2.05, 4.69) is 0 Å². The van der Waals surface area contributed by atoms with E-state index in [4.69, 9.17) is 0 Å². The average molecular weight is 367 g/mol. The van der Waals surface area contributed by atoms with E-state index in [0.29, 0.717) is 45.0 Å². The van der Waals surface area contributed by atoms with Crippen LogP contribution < -0.4 is 4.90 Å². The molecule has 1 aromatic rings. The number of anilines is 1. The van der Waals surface area contributed by atoms with Crippen LogP contribution in [-0.2, 0) is 14.8 Å². The largest absolute Gasteiger partial charge is 0.366 e. The quantitative estimate of drug-likeness (QED) is 0.793. The number of amides is 1. The van der Waals surface area contributed by atoms with Crippen LogP contribution >= 0.6 is 0 Å². The van der Waals surface area contributed by atoms with Gasteiger partial charge in [-0.3, -0.25) is 4.79 Å². The molecular formula is C17H22FN3O3S. The Morgan fingerprint density at radius 3 is 2.28 bits per heavy atom. The van der Waals surface area contributed by atoms with Crippen LogP contribution in [0.2, 0.25) is 0 Å². The second kappa shape index (κ2) is 6.25. The van der Waals surface area contributed by atoms with Crippen molar-refractivity contribution in [3.05, 3.63) is 30.1 Å². The van der Waals surface area contributed by atoms with E-state index in [1.807, 2.05) is 4.90 Å². The summed E-state index contributed by atoms with van der Waals surface area (Å²) in [5.74, 6) is -0.453. The SMILES string of the molecule is O=C(C1CN(S(=O)(=O)C2CC2)C1)N1CCN(c2ccccc2F)CC1. The molecule has 8 heteroatoms. The first-order valence-electron chi connectivity index (χ1n) is 8.74. The van der Waals surface area contributed by atoms with Gasteiger partial charge in [0.25, 0.3) is 0 Å². The molecule has 0 atom stereocenters. The highest BCUT2D eigenvalue weighted by atomic mass is 32.2. The van der Waals surface area contributed by atoms with Crippen LogP contribution in [0.15, 0.2) is 24.3 Å². The van der Waals surface area contributed by atoms with Gasteiger partial charge in [0, 0.05) is 39.3 Å². The number of para-hydroxylation sites is 1. The van der Waals surface area contributed by atoms with Gasteiger partial charge in [-0.25, -0.2) is 12.8 Å². The molecule has 25 heavy (non-hydrogen) atoms. The summed E-state index contributed by atoms with van der Waals surface area (Å²) in [5, 5.41) is -0.215. The molecule has 6 nitrogen and oxygen atoms in total. The number of carbonyl (C=O) groups is 1. The van der Waals surface area contributed by atoms with Gasteiger partial charge in [-0.2, -0.15) is 4.31 Å². The van der Waals surface area contributed by atoms with Crippen LogP contribution in [0.3, 0.4) is 0 Å². The van der Waals surface area contributed by atoms with E-state index in [9.17, 15) is 17.6 Å². The van der Waals surface area contributed by atoms with Gasteiger partial charge >= 0.3 is 0 Å². The Hall–Kier alpha value is -1.67. The van der Waals surface area contributed by atoms with Gasteiger partial charge in [0.15, 0.2) is 0 Å². The van der Waals surface area contributed by atoms with Gasteiger partial charge in [0.05, 0.1) is 16.9 Å². The summed E-state index contributed by atoms with van der Waals surface area (Å²) in [6, 6.07) is 6.66. The molecule has 0 radical (unpaired) electrons. The number of rotatable bonds is 4. The van der Waals surface area contributed by atoms with Crippen LogP contribution in [0.1, 0.15) is 12.8 Å². The highest BCUT2D eigenvalue weighted by Gasteiger charge is 2.47. The fourth-order valence-electron chi connectivity index (χ4n) is 3.51. The van der Waals surface area contributed by atoms with Crippen molar-refractivity contribution in [2.75, 3.05) is 44.2 Å². The lowest BCUT2D eigenvalue weighted by Crippen LogP contribution is -2.59. The van der Waals surface area contributed by atoms with Gasteiger partial charge in [0.2, 0.25) is 15.9 Å². The first-order valence-corrected chi connectivity index (χ1v) is 10.2. The summed E-state index contributed by atoms with van der Waals surface area (Å²) < 4.78 is 39.5. The van der Waals surface area contributed by atoms with E-state index in [1.165, 1.54) is 10.4 Å². The Labute approximate surface area is 147 Å². The van der Waals surface area contributed by atoms with Gasteiger partial charge in [0.1, 0.15) is 5.82 Å². The third-order valence-corrected chi connectivity index (χ3v) is 7.62. The van der Waals surface area contributed by atoms with Crippen molar-refractivity contribution in [3.8, 4) is 0 Å². The molecule has 2 saturated heterocycles. The molecule has 1 saturated carbocycles. The number of nitrogens with zero attached hydrogens (tertiary/aromatic N) is 3. The molecule has 3 fully saturated rings. The van der Waals surface area contributed by atoms with Crippen LogP contribution in [-0.4, -0.2) is 68.0 Å². The highest BCUT2D eigenvalue weighted by molar-refractivity contribution is 7.90. The summed E-state index contributed by atoms with van der Waals surface area (Å²) in [5.41, 5.74) is 0.569. The first-order chi connectivity index (χ1) is 12.0. The minimum Gasteiger partial charge on any atom is -0.366 e. The predicted octanol–water partition coefficient (Wildman–Crippen LogP) is 0.898. The molecule has 4 rings (SSSR count). The van der Waals surface area contributed by atoms with Gasteiger partial charge in [-0.15, -0.1) is 0 Å². The Morgan fingerprint density at radius 2 is 1.68 bits per heavy atom. The molecule has 1 aromatic carbocycles. The van der Waals surface area contributed by atoms with Gasteiger partial charge in [-0.1, -0.05) is 12.1 Å². The monoisotopic (exact) mass is 367 g/mol. The Kier molecular flexibility index (Phi) is 4.19. The van der Waals surface area contributed by atoms with Crippen molar-refractivity contribution in [2.45, 2.75) is 18.1 Å². The second-order valence-electron chi connectivity index (χ2n) is 7.02. The van der Waals surface area contributed by atoms with Crippen LogP contribution in [0.25, 0.3) is 0 Å². The number of hydrogen-bond donors (Lipinski definition) is 0. The highest BCUT2D eigenvalue weighted by Crippen LogP contribution is 2.35. The number of carbonyl (C=O) groups excluding carboxylic acids is 1. The number of sulfonamides is 1. The van der Waals surface area contributed by atoms with Gasteiger partial charge < -0.3 is 9.80 Å². The first kappa shape index (κ1) is 16.8. The predicted molar refractivity (Wildman–Crippen MR) is 92.2 cm³/mol. The third-order valence-electron chi connectivity index (χ3n) is 5.29. The lowest BCUT2D eigenvalue weighted by molar-refractivity contribution is -0.139. The third kappa shape index (κ3) is 3.13. The molecule has 2 heterocycles. The normalized spacial score (nSPS) is 22.8. The lowest BCUT2D eigenvalue weighted by atomic mass is 10.0. The minimum atomic E-state index is -3.16. The van der Waals surface area contributed by atoms with Gasteiger partial charge in [-0.05, 0) is 25.0 Å². The molecule has 1 amide bonds. The number of benzene rings is 1. The summed E-state index contributed by atoms with van der Waals surface area (Å²) >= 11 is 0. The molecule has 2 aliphatic heterocycles. The topological polar surface area (TPSA) is 60.9 Å². The lowest BCUT2D eigenvalue weighted by Gasteiger charge is -2.42.